The van der Waals surface area contributed by atoms with E-state index in [0.29, 0.717) is 18.2 Å². The van der Waals surface area contributed by atoms with Crippen molar-refractivity contribution in [2.24, 2.45) is 5.11 Å². The second-order valence-corrected chi connectivity index (χ2v) is 8.77. The van der Waals surface area contributed by atoms with Gasteiger partial charge in [0, 0.05) is 28.2 Å². The number of fused-ring (bicyclic) bond motifs is 1. The molecule has 0 spiro atoms. The van der Waals surface area contributed by atoms with Crippen LogP contribution in [0.1, 0.15) is 24.5 Å². The van der Waals surface area contributed by atoms with Crippen LogP contribution in [0.25, 0.3) is 10.4 Å². The lowest BCUT2D eigenvalue weighted by molar-refractivity contribution is -0.300. The van der Waals surface area contributed by atoms with Gasteiger partial charge in [-0.2, -0.15) is 0 Å². The third-order valence-corrected chi connectivity index (χ3v) is 6.66. The summed E-state index contributed by atoms with van der Waals surface area (Å²) >= 11 is 7.59. The molecule has 0 amide bonds. The number of aromatic nitrogens is 1. The fourth-order valence-corrected chi connectivity index (χ4v) is 5.20. The molecule has 1 aromatic heterocycles. The normalized spacial score (nSPS) is 30.3. The van der Waals surface area contributed by atoms with Crippen molar-refractivity contribution < 1.29 is 18.9 Å². The zero-order valence-corrected chi connectivity index (χ0v) is 18.7. The van der Waals surface area contributed by atoms with E-state index in [2.05, 4.69) is 15.0 Å². The summed E-state index contributed by atoms with van der Waals surface area (Å²) in [5, 5.41) is 4.61. The molecule has 0 radical (unpaired) electrons. The van der Waals surface area contributed by atoms with Gasteiger partial charge in [-0.15, -0.1) is 0 Å². The van der Waals surface area contributed by atoms with Crippen LogP contribution in [-0.2, 0) is 18.9 Å². The lowest BCUT2D eigenvalue weighted by Crippen LogP contribution is -2.60. The van der Waals surface area contributed by atoms with Crippen molar-refractivity contribution in [2.75, 3.05) is 13.2 Å². The Labute approximate surface area is 189 Å². The summed E-state index contributed by atoms with van der Waals surface area (Å²) < 4.78 is 24.5. The summed E-state index contributed by atoms with van der Waals surface area (Å²) in [7, 11) is 0. The summed E-state index contributed by atoms with van der Waals surface area (Å²) in [4.78, 5) is 8.27. The molecular formula is C21H23ClN4O4S. The minimum absolute atomic E-state index is 0.310. The number of benzene rings is 1. The first kappa shape index (κ1) is 22.4. The Morgan fingerprint density at radius 3 is 2.87 bits per heavy atom. The van der Waals surface area contributed by atoms with Crippen LogP contribution in [0.4, 0.5) is 0 Å². The number of hydrogen-bond acceptors (Lipinski definition) is 7. The first-order valence-electron chi connectivity index (χ1n) is 10.0. The molecule has 2 saturated heterocycles. The minimum atomic E-state index is -0.580. The Kier molecular flexibility index (Phi) is 7.35. The quantitative estimate of drug-likeness (QED) is 0.338. The van der Waals surface area contributed by atoms with Crippen LogP contribution in [0.15, 0.2) is 52.6 Å². The van der Waals surface area contributed by atoms with Crippen molar-refractivity contribution in [3.63, 3.8) is 0 Å². The smallest absolute Gasteiger partial charge is 0.184 e. The number of azide groups is 1. The van der Waals surface area contributed by atoms with E-state index in [9.17, 15) is 5.53 Å². The van der Waals surface area contributed by atoms with Gasteiger partial charge in [0.05, 0.1) is 23.4 Å². The highest BCUT2D eigenvalue weighted by Crippen LogP contribution is 2.41. The molecule has 31 heavy (non-hydrogen) atoms. The highest BCUT2D eigenvalue weighted by atomic mass is 35.5. The van der Waals surface area contributed by atoms with Crippen molar-refractivity contribution in [1.29, 1.82) is 0 Å². The average Bonchev–Trinajstić information content (AvgIpc) is 2.79. The molecule has 2 aliphatic heterocycles. The summed E-state index contributed by atoms with van der Waals surface area (Å²) in [6.07, 6.45) is -0.374. The number of aryl methyl sites for hydroxylation is 1. The Balaban J connectivity index is 1.61. The molecule has 0 saturated carbocycles. The third-order valence-electron chi connectivity index (χ3n) is 5.18. The van der Waals surface area contributed by atoms with Gasteiger partial charge in [-0.25, -0.2) is 0 Å². The lowest BCUT2D eigenvalue weighted by atomic mass is 9.96. The fraction of sp³-hybridized carbons (Fsp3) is 0.476. The number of nitrogens with zero attached hydrogens (tertiary/aromatic N) is 4. The second-order valence-electron chi connectivity index (χ2n) is 7.19. The van der Waals surface area contributed by atoms with Crippen LogP contribution in [0, 0.1) is 6.92 Å². The van der Waals surface area contributed by atoms with E-state index in [1.165, 1.54) is 11.8 Å². The van der Waals surface area contributed by atoms with Gasteiger partial charge in [0.2, 0.25) is 0 Å². The van der Waals surface area contributed by atoms with Crippen LogP contribution < -0.4 is 0 Å². The fourth-order valence-electron chi connectivity index (χ4n) is 3.74. The molecular weight excluding hydrogens is 440 g/mol. The molecule has 6 atom stereocenters. The molecule has 0 N–H and O–H groups in total. The SMILES string of the molecule is CCOC1[C@@H](Sc2cc(Cl)cnc2C)OC2COC(c3ccccc3)O[C@@H]2[C@@H]1N=[N+]=[N-]. The maximum absolute atomic E-state index is 9.28. The summed E-state index contributed by atoms with van der Waals surface area (Å²) in [5.74, 6) is 0. The molecule has 2 fully saturated rings. The molecule has 1 aromatic carbocycles. The highest BCUT2D eigenvalue weighted by Gasteiger charge is 2.50. The maximum Gasteiger partial charge on any atom is 0.184 e. The highest BCUT2D eigenvalue weighted by molar-refractivity contribution is 7.99. The van der Waals surface area contributed by atoms with Gasteiger partial charge < -0.3 is 18.9 Å². The molecule has 10 heteroatoms. The van der Waals surface area contributed by atoms with Gasteiger partial charge in [-0.05, 0) is 25.4 Å². The van der Waals surface area contributed by atoms with Gasteiger partial charge in [0.1, 0.15) is 23.7 Å². The first-order valence-corrected chi connectivity index (χ1v) is 11.3. The summed E-state index contributed by atoms with van der Waals surface area (Å²) in [5.41, 5.74) is 10.6. The van der Waals surface area contributed by atoms with Crippen LogP contribution in [-0.4, -0.2) is 48.0 Å². The zero-order chi connectivity index (χ0) is 21.8. The first-order chi connectivity index (χ1) is 15.1. The van der Waals surface area contributed by atoms with E-state index in [1.54, 1.807) is 6.20 Å². The topological polar surface area (TPSA) is 98.6 Å². The predicted molar refractivity (Wildman–Crippen MR) is 117 cm³/mol. The number of thioether (sulfide) groups is 1. The molecule has 2 aliphatic rings. The monoisotopic (exact) mass is 462 g/mol. The van der Waals surface area contributed by atoms with Crippen molar-refractivity contribution in [3.05, 3.63) is 69.3 Å². The maximum atomic E-state index is 9.28. The standard InChI is InChI=1S/C21H23ClN4O4S/c1-3-27-19-17(25-26-23)18-15(11-28-20(30-18)13-7-5-4-6-8-13)29-21(19)31-16-9-14(22)10-24-12(16)2/h4-10,15,17-21H,3,11H2,1-2H3/t15?,17-,18-,19?,20?,21+/m0/s1. The molecule has 0 aliphatic carbocycles. The Morgan fingerprint density at radius 2 is 2.13 bits per heavy atom. The van der Waals surface area contributed by atoms with E-state index >= 15 is 0 Å². The molecule has 0 bridgehead atoms. The van der Waals surface area contributed by atoms with E-state index in [-0.39, 0.29) is 0 Å². The number of ether oxygens (including phenoxy) is 4. The van der Waals surface area contributed by atoms with Crippen LogP contribution >= 0.6 is 23.4 Å². The largest absolute Gasteiger partial charge is 0.374 e. The molecule has 8 nitrogen and oxygen atoms in total. The van der Waals surface area contributed by atoms with Crippen LogP contribution in [0.3, 0.4) is 0 Å². The molecule has 164 valence electrons. The van der Waals surface area contributed by atoms with Crippen molar-refractivity contribution in [2.45, 2.75) is 54.8 Å². The van der Waals surface area contributed by atoms with Gasteiger partial charge >= 0.3 is 0 Å². The third kappa shape index (κ3) is 4.99. The van der Waals surface area contributed by atoms with Gasteiger partial charge in [-0.3, -0.25) is 4.98 Å². The predicted octanol–water partition coefficient (Wildman–Crippen LogP) is 5.06. The van der Waals surface area contributed by atoms with Crippen LogP contribution in [0.5, 0.6) is 0 Å². The number of hydrogen-bond donors (Lipinski definition) is 0. The second kappa shape index (κ2) is 10.2. The van der Waals surface area contributed by atoms with Gasteiger partial charge in [-0.1, -0.05) is 58.8 Å². The van der Waals surface area contributed by atoms with E-state index in [1.807, 2.05) is 50.2 Å². The molecule has 2 aromatic rings. The van der Waals surface area contributed by atoms with Gasteiger partial charge in [0.15, 0.2) is 6.29 Å². The van der Waals surface area contributed by atoms with Crippen LogP contribution in [0.2, 0.25) is 5.02 Å². The van der Waals surface area contributed by atoms with Crippen molar-refractivity contribution in [3.8, 4) is 0 Å². The molecule has 3 unspecified atom stereocenters. The van der Waals surface area contributed by atoms with Crippen molar-refractivity contribution >= 4 is 23.4 Å². The molecule has 4 rings (SSSR count). The Bertz CT molecular complexity index is 946. The minimum Gasteiger partial charge on any atom is -0.374 e. The summed E-state index contributed by atoms with van der Waals surface area (Å²) in [6.45, 7) is 4.54. The van der Waals surface area contributed by atoms with Gasteiger partial charge in [0.25, 0.3) is 0 Å². The average molecular weight is 463 g/mol. The molecule has 3 heterocycles. The number of halogens is 1. The Hall–Kier alpha value is -1.84. The van der Waals surface area contributed by atoms with Crippen molar-refractivity contribution in [1.82, 2.24) is 4.98 Å². The lowest BCUT2D eigenvalue weighted by Gasteiger charge is -2.48. The number of rotatable bonds is 6. The number of pyridine rings is 1. The van der Waals surface area contributed by atoms with E-state index in [0.717, 1.165) is 16.2 Å². The zero-order valence-electron chi connectivity index (χ0n) is 17.1. The van der Waals surface area contributed by atoms with E-state index in [4.69, 9.17) is 30.5 Å². The van der Waals surface area contributed by atoms with E-state index < -0.39 is 36.1 Å². The summed E-state index contributed by atoms with van der Waals surface area (Å²) in [6, 6.07) is 10.9. The Morgan fingerprint density at radius 1 is 1.32 bits per heavy atom.